The molecule has 0 saturated heterocycles. The summed E-state index contributed by atoms with van der Waals surface area (Å²) in [6.07, 6.45) is 6.14. The third kappa shape index (κ3) is 2.54. The van der Waals surface area contributed by atoms with E-state index in [2.05, 4.69) is 19.9 Å². The van der Waals surface area contributed by atoms with E-state index in [1.807, 2.05) is 12.1 Å². The lowest BCUT2D eigenvalue weighted by Gasteiger charge is -2.37. The molecular weight excluding hydrogens is 222 g/mol. The van der Waals surface area contributed by atoms with E-state index in [0.717, 1.165) is 12.8 Å². The van der Waals surface area contributed by atoms with Gasteiger partial charge < -0.3 is 10.8 Å². The van der Waals surface area contributed by atoms with Crippen molar-refractivity contribution in [1.82, 2.24) is 0 Å². The number of phenolic OH excluding ortho intramolecular Hbond substituents is 1. The number of hydrogen-bond acceptors (Lipinski definition) is 2. The molecule has 1 fully saturated rings. The van der Waals surface area contributed by atoms with Gasteiger partial charge in [-0.1, -0.05) is 39.2 Å². The van der Waals surface area contributed by atoms with Crippen molar-refractivity contribution in [2.45, 2.75) is 57.3 Å². The van der Waals surface area contributed by atoms with E-state index in [4.69, 9.17) is 5.73 Å². The Morgan fingerprint density at radius 3 is 2.39 bits per heavy atom. The van der Waals surface area contributed by atoms with Gasteiger partial charge in [-0.2, -0.15) is 0 Å². The van der Waals surface area contributed by atoms with Crippen molar-refractivity contribution in [3.63, 3.8) is 0 Å². The van der Waals surface area contributed by atoms with Gasteiger partial charge in [0.15, 0.2) is 0 Å². The molecule has 100 valence electrons. The molecule has 1 saturated carbocycles. The number of benzene rings is 1. The summed E-state index contributed by atoms with van der Waals surface area (Å²) in [5.41, 5.74) is 8.62. The smallest absolute Gasteiger partial charge is 0.116 e. The van der Waals surface area contributed by atoms with E-state index >= 15 is 0 Å². The zero-order valence-corrected chi connectivity index (χ0v) is 11.6. The highest BCUT2D eigenvalue weighted by Crippen LogP contribution is 2.40. The van der Waals surface area contributed by atoms with E-state index in [0.29, 0.717) is 18.2 Å². The molecule has 1 aliphatic carbocycles. The maximum atomic E-state index is 9.94. The monoisotopic (exact) mass is 247 g/mol. The topological polar surface area (TPSA) is 46.2 Å². The van der Waals surface area contributed by atoms with Gasteiger partial charge in [0.2, 0.25) is 0 Å². The van der Waals surface area contributed by atoms with Gasteiger partial charge in [-0.15, -0.1) is 0 Å². The highest BCUT2D eigenvalue weighted by Gasteiger charge is 2.33. The van der Waals surface area contributed by atoms with Gasteiger partial charge >= 0.3 is 0 Å². The lowest BCUT2D eigenvalue weighted by molar-refractivity contribution is 0.299. The van der Waals surface area contributed by atoms with Crippen LogP contribution in [-0.2, 0) is 5.41 Å². The SMILES string of the molecule is CC(C)c1cc(O)cc(C2(CN)CCCCC2)c1. The summed E-state index contributed by atoms with van der Waals surface area (Å²) in [7, 11) is 0. The van der Waals surface area contributed by atoms with Crippen LogP contribution in [0, 0.1) is 0 Å². The molecule has 2 heteroatoms. The molecule has 2 rings (SSSR count). The van der Waals surface area contributed by atoms with Crippen molar-refractivity contribution in [3.8, 4) is 5.75 Å². The first kappa shape index (κ1) is 13.4. The van der Waals surface area contributed by atoms with Gasteiger partial charge in [0.25, 0.3) is 0 Å². The fourth-order valence-corrected chi connectivity index (χ4v) is 3.11. The molecule has 1 aliphatic rings. The lowest BCUT2D eigenvalue weighted by atomic mass is 9.69. The Morgan fingerprint density at radius 1 is 1.17 bits per heavy atom. The van der Waals surface area contributed by atoms with Crippen LogP contribution in [-0.4, -0.2) is 11.7 Å². The normalized spacial score (nSPS) is 19.1. The molecule has 0 aromatic heterocycles. The van der Waals surface area contributed by atoms with Gasteiger partial charge in [-0.05, 0) is 42.0 Å². The molecule has 0 bridgehead atoms. The minimum Gasteiger partial charge on any atom is -0.508 e. The third-order valence-corrected chi connectivity index (χ3v) is 4.42. The van der Waals surface area contributed by atoms with Gasteiger partial charge in [0, 0.05) is 12.0 Å². The standard InChI is InChI=1S/C16H25NO/c1-12(2)13-8-14(10-15(18)9-13)16(11-17)6-4-3-5-7-16/h8-10,12,18H,3-7,11,17H2,1-2H3. The van der Waals surface area contributed by atoms with Crippen LogP contribution < -0.4 is 5.73 Å². The first-order chi connectivity index (χ1) is 8.57. The molecule has 0 amide bonds. The highest BCUT2D eigenvalue weighted by atomic mass is 16.3. The molecule has 3 N–H and O–H groups in total. The molecule has 0 heterocycles. The molecular formula is C16H25NO. The van der Waals surface area contributed by atoms with Crippen molar-refractivity contribution in [1.29, 1.82) is 0 Å². The Balaban J connectivity index is 2.41. The second kappa shape index (κ2) is 5.31. The average Bonchev–Trinajstić information content (AvgIpc) is 2.38. The summed E-state index contributed by atoms with van der Waals surface area (Å²) in [5, 5.41) is 9.94. The van der Waals surface area contributed by atoms with Crippen LogP contribution in [0.1, 0.15) is 63.0 Å². The van der Waals surface area contributed by atoms with E-state index in [-0.39, 0.29) is 5.41 Å². The zero-order valence-electron chi connectivity index (χ0n) is 11.6. The predicted octanol–water partition coefficient (Wildman–Crippen LogP) is 3.68. The zero-order chi connectivity index (χ0) is 13.2. The Bertz CT molecular complexity index is 406. The van der Waals surface area contributed by atoms with Crippen molar-refractivity contribution in [3.05, 3.63) is 29.3 Å². The first-order valence-electron chi connectivity index (χ1n) is 7.12. The Kier molecular flexibility index (Phi) is 3.96. The van der Waals surface area contributed by atoms with Crippen LogP contribution in [0.5, 0.6) is 5.75 Å². The molecule has 0 spiro atoms. The fraction of sp³-hybridized carbons (Fsp3) is 0.625. The molecule has 18 heavy (non-hydrogen) atoms. The van der Waals surface area contributed by atoms with Crippen LogP contribution in [0.4, 0.5) is 0 Å². The van der Waals surface area contributed by atoms with Crippen molar-refractivity contribution >= 4 is 0 Å². The van der Waals surface area contributed by atoms with Gasteiger partial charge in [0.05, 0.1) is 0 Å². The number of aromatic hydroxyl groups is 1. The molecule has 0 unspecified atom stereocenters. The Hall–Kier alpha value is -1.02. The summed E-state index contributed by atoms with van der Waals surface area (Å²) >= 11 is 0. The average molecular weight is 247 g/mol. The summed E-state index contributed by atoms with van der Waals surface area (Å²) in [6.45, 7) is 5.01. The molecule has 0 atom stereocenters. The quantitative estimate of drug-likeness (QED) is 0.856. The summed E-state index contributed by atoms with van der Waals surface area (Å²) in [4.78, 5) is 0. The van der Waals surface area contributed by atoms with Crippen molar-refractivity contribution in [2.75, 3.05) is 6.54 Å². The number of phenols is 1. The summed E-state index contributed by atoms with van der Waals surface area (Å²) in [5.74, 6) is 0.823. The van der Waals surface area contributed by atoms with E-state index in [1.54, 1.807) is 0 Å². The van der Waals surface area contributed by atoms with Crippen LogP contribution in [0.15, 0.2) is 18.2 Å². The largest absolute Gasteiger partial charge is 0.508 e. The predicted molar refractivity (Wildman–Crippen MR) is 76.0 cm³/mol. The number of nitrogens with two attached hydrogens (primary N) is 1. The van der Waals surface area contributed by atoms with Crippen molar-refractivity contribution in [2.24, 2.45) is 5.73 Å². The highest BCUT2D eigenvalue weighted by molar-refractivity contribution is 5.39. The van der Waals surface area contributed by atoms with Crippen LogP contribution in [0.25, 0.3) is 0 Å². The minimum atomic E-state index is 0.0978. The van der Waals surface area contributed by atoms with Crippen LogP contribution in [0.3, 0.4) is 0 Å². The third-order valence-electron chi connectivity index (χ3n) is 4.42. The second-order valence-corrected chi connectivity index (χ2v) is 6.01. The lowest BCUT2D eigenvalue weighted by Crippen LogP contribution is -2.37. The molecule has 1 aromatic carbocycles. The van der Waals surface area contributed by atoms with Gasteiger partial charge in [-0.3, -0.25) is 0 Å². The molecule has 0 radical (unpaired) electrons. The molecule has 2 nitrogen and oxygen atoms in total. The minimum absolute atomic E-state index is 0.0978. The molecule has 0 aliphatic heterocycles. The Morgan fingerprint density at radius 2 is 1.83 bits per heavy atom. The van der Waals surface area contributed by atoms with Crippen LogP contribution in [0.2, 0.25) is 0 Å². The van der Waals surface area contributed by atoms with E-state index in [9.17, 15) is 5.11 Å². The van der Waals surface area contributed by atoms with Crippen molar-refractivity contribution < 1.29 is 5.11 Å². The number of rotatable bonds is 3. The van der Waals surface area contributed by atoms with Gasteiger partial charge in [0.1, 0.15) is 5.75 Å². The molecule has 1 aromatic rings. The van der Waals surface area contributed by atoms with Crippen LogP contribution >= 0.6 is 0 Å². The van der Waals surface area contributed by atoms with Gasteiger partial charge in [-0.25, -0.2) is 0 Å². The first-order valence-corrected chi connectivity index (χ1v) is 7.12. The summed E-state index contributed by atoms with van der Waals surface area (Å²) in [6, 6.07) is 6.05. The Labute approximate surface area is 110 Å². The maximum absolute atomic E-state index is 9.94. The second-order valence-electron chi connectivity index (χ2n) is 6.01. The number of hydrogen-bond donors (Lipinski definition) is 2. The summed E-state index contributed by atoms with van der Waals surface area (Å²) < 4.78 is 0. The van der Waals surface area contributed by atoms with E-state index in [1.165, 1.54) is 30.4 Å². The fourth-order valence-electron chi connectivity index (χ4n) is 3.11. The maximum Gasteiger partial charge on any atom is 0.116 e. The van der Waals surface area contributed by atoms with E-state index < -0.39 is 0 Å².